The summed E-state index contributed by atoms with van der Waals surface area (Å²) in [6.45, 7) is 6.19. The Balaban J connectivity index is 3.59. The fourth-order valence-corrected chi connectivity index (χ4v) is 1.27. The average molecular weight is 253 g/mol. The molecule has 98 valence electrons. The summed E-state index contributed by atoms with van der Waals surface area (Å²) in [5.41, 5.74) is 0. The molecule has 0 aromatic carbocycles. The van der Waals surface area contributed by atoms with Crippen molar-refractivity contribution in [2.24, 2.45) is 0 Å². The average Bonchev–Trinajstić information content (AvgIpc) is 2.14. The normalized spacial score (nSPS) is 13.0. The zero-order valence-corrected chi connectivity index (χ0v) is 11.4. The number of methoxy groups -OCH3 is 1. The van der Waals surface area contributed by atoms with Gasteiger partial charge in [-0.25, -0.2) is 8.42 Å². The molecule has 0 aliphatic heterocycles. The summed E-state index contributed by atoms with van der Waals surface area (Å²) >= 11 is 0. The van der Waals surface area contributed by atoms with Gasteiger partial charge in [-0.1, -0.05) is 0 Å². The first-order chi connectivity index (χ1) is 7.31. The first kappa shape index (κ1) is 15.8. The van der Waals surface area contributed by atoms with E-state index >= 15 is 0 Å². The molecule has 5 nitrogen and oxygen atoms in total. The molecule has 0 radical (unpaired) electrons. The van der Waals surface area contributed by atoms with Crippen LogP contribution in [0.1, 0.15) is 13.8 Å². The highest BCUT2D eigenvalue weighted by Crippen LogP contribution is 2.12. The standard InChI is InChI=1S/C10H23NO4S/c1-10(2,16(4,12)13)9-11-5-6-15-8-7-14-3/h11H,5-9H2,1-4H3. The maximum absolute atomic E-state index is 11.4. The number of sulfone groups is 1. The Morgan fingerprint density at radius 1 is 1.19 bits per heavy atom. The summed E-state index contributed by atoms with van der Waals surface area (Å²) in [6.07, 6.45) is 1.25. The van der Waals surface area contributed by atoms with Crippen molar-refractivity contribution in [2.75, 3.05) is 46.3 Å². The molecule has 0 aromatic heterocycles. The van der Waals surface area contributed by atoms with E-state index in [1.807, 2.05) is 0 Å². The third kappa shape index (κ3) is 6.42. The number of hydrogen-bond acceptors (Lipinski definition) is 5. The van der Waals surface area contributed by atoms with E-state index in [1.54, 1.807) is 21.0 Å². The van der Waals surface area contributed by atoms with Gasteiger partial charge in [-0.3, -0.25) is 0 Å². The van der Waals surface area contributed by atoms with Crippen LogP contribution < -0.4 is 5.32 Å². The molecule has 1 N–H and O–H groups in total. The third-order valence-electron chi connectivity index (χ3n) is 2.41. The number of nitrogens with one attached hydrogen (secondary N) is 1. The van der Waals surface area contributed by atoms with Crippen LogP contribution >= 0.6 is 0 Å². The summed E-state index contributed by atoms with van der Waals surface area (Å²) < 4.78 is 32.1. The molecule has 0 spiro atoms. The van der Waals surface area contributed by atoms with Crippen molar-refractivity contribution < 1.29 is 17.9 Å². The molecular formula is C10H23NO4S. The van der Waals surface area contributed by atoms with Gasteiger partial charge in [0, 0.05) is 26.5 Å². The van der Waals surface area contributed by atoms with Crippen LogP contribution in [0.15, 0.2) is 0 Å². The van der Waals surface area contributed by atoms with Crippen LogP contribution in [0.3, 0.4) is 0 Å². The van der Waals surface area contributed by atoms with Crippen molar-refractivity contribution in [2.45, 2.75) is 18.6 Å². The molecule has 0 heterocycles. The van der Waals surface area contributed by atoms with Gasteiger partial charge in [-0.15, -0.1) is 0 Å². The molecule has 0 unspecified atom stereocenters. The topological polar surface area (TPSA) is 64.6 Å². The van der Waals surface area contributed by atoms with E-state index in [0.29, 0.717) is 32.9 Å². The quantitative estimate of drug-likeness (QED) is 0.589. The second kappa shape index (κ2) is 7.21. The molecule has 0 atom stereocenters. The van der Waals surface area contributed by atoms with Crippen molar-refractivity contribution in [3.8, 4) is 0 Å². The summed E-state index contributed by atoms with van der Waals surface area (Å²) in [5, 5.41) is 3.06. The van der Waals surface area contributed by atoms with E-state index < -0.39 is 14.6 Å². The van der Waals surface area contributed by atoms with Gasteiger partial charge in [0.15, 0.2) is 9.84 Å². The maximum Gasteiger partial charge on any atom is 0.153 e. The maximum atomic E-state index is 11.4. The lowest BCUT2D eigenvalue weighted by Gasteiger charge is -2.22. The molecular weight excluding hydrogens is 230 g/mol. The smallest absolute Gasteiger partial charge is 0.153 e. The molecule has 0 aromatic rings. The Kier molecular flexibility index (Phi) is 7.14. The third-order valence-corrected chi connectivity index (χ3v) is 4.56. The monoisotopic (exact) mass is 253 g/mol. The lowest BCUT2D eigenvalue weighted by molar-refractivity contribution is 0.0719. The summed E-state index contributed by atoms with van der Waals surface area (Å²) in [5.74, 6) is 0. The van der Waals surface area contributed by atoms with E-state index in [-0.39, 0.29) is 0 Å². The largest absolute Gasteiger partial charge is 0.382 e. The minimum Gasteiger partial charge on any atom is -0.382 e. The number of hydrogen-bond donors (Lipinski definition) is 1. The van der Waals surface area contributed by atoms with Crippen molar-refractivity contribution >= 4 is 9.84 Å². The van der Waals surface area contributed by atoms with Crippen LogP contribution in [-0.4, -0.2) is 59.4 Å². The summed E-state index contributed by atoms with van der Waals surface area (Å²) in [6, 6.07) is 0. The molecule has 0 saturated carbocycles. The number of ether oxygens (including phenoxy) is 2. The van der Waals surface area contributed by atoms with E-state index in [2.05, 4.69) is 5.32 Å². The lowest BCUT2D eigenvalue weighted by Crippen LogP contribution is -2.42. The molecule has 0 saturated heterocycles. The van der Waals surface area contributed by atoms with Gasteiger partial charge in [0.1, 0.15) is 0 Å². The van der Waals surface area contributed by atoms with E-state index in [4.69, 9.17) is 9.47 Å². The Labute approximate surface area is 98.4 Å². The predicted molar refractivity (Wildman–Crippen MR) is 64.5 cm³/mol. The zero-order valence-electron chi connectivity index (χ0n) is 10.6. The highest BCUT2D eigenvalue weighted by molar-refractivity contribution is 7.92. The minimum absolute atomic E-state index is 0.430. The molecule has 0 fully saturated rings. The lowest BCUT2D eigenvalue weighted by atomic mass is 10.2. The van der Waals surface area contributed by atoms with Crippen LogP contribution in [0.2, 0.25) is 0 Å². The molecule has 0 aliphatic carbocycles. The van der Waals surface area contributed by atoms with Gasteiger partial charge in [0.2, 0.25) is 0 Å². The first-order valence-electron chi connectivity index (χ1n) is 5.28. The van der Waals surface area contributed by atoms with Crippen LogP contribution in [0.25, 0.3) is 0 Å². The molecule has 0 aliphatic rings. The SMILES string of the molecule is COCCOCCNCC(C)(C)S(C)(=O)=O. The summed E-state index contributed by atoms with van der Waals surface area (Å²) in [7, 11) is -1.41. The van der Waals surface area contributed by atoms with Crippen molar-refractivity contribution in [3.05, 3.63) is 0 Å². The van der Waals surface area contributed by atoms with E-state index in [9.17, 15) is 8.42 Å². The second-order valence-electron chi connectivity index (χ2n) is 4.31. The van der Waals surface area contributed by atoms with Gasteiger partial charge in [-0.2, -0.15) is 0 Å². The first-order valence-corrected chi connectivity index (χ1v) is 7.17. The predicted octanol–water partition coefficient (Wildman–Crippen LogP) is 0.0622. The van der Waals surface area contributed by atoms with Crippen molar-refractivity contribution in [3.63, 3.8) is 0 Å². The molecule has 0 bridgehead atoms. The Morgan fingerprint density at radius 3 is 2.31 bits per heavy atom. The van der Waals surface area contributed by atoms with E-state index in [1.165, 1.54) is 6.26 Å². The van der Waals surface area contributed by atoms with Crippen LogP contribution in [0, 0.1) is 0 Å². The highest BCUT2D eigenvalue weighted by atomic mass is 32.2. The van der Waals surface area contributed by atoms with Crippen LogP contribution in [-0.2, 0) is 19.3 Å². The van der Waals surface area contributed by atoms with Gasteiger partial charge in [-0.05, 0) is 13.8 Å². The molecule has 0 amide bonds. The Bertz CT molecular complexity index is 275. The molecule has 16 heavy (non-hydrogen) atoms. The zero-order chi connectivity index (χ0) is 12.7. The van der Waals surface area contributed by atoms with Crippen molar-refractivity contribution in [1.29, 1.82) is 0 Å². The minimum atomic E-state index is -3.03. The van der Waals surface area contributed by atoms with Crippen molar-refractivity contribution in [1.82, 2.24) is 5.32 Å². The van der Waals surface area contributed by atoms with E-state index in [0.717, 1.165) is 0 Å². The Hall–Kier alpha value is -0.170. The fraction of sp³-hybridized carbons (Fsp3) is 1.00. The van der Waals surface area contributed by atoms with Gasteiger partial charge >= 0.3 is 0 Å². The van der Waals surface area contributed by atoms with Gasteiger partial charge < -0.3 is 14.8 Å². The van der Waals surface area contributed by atoms with Crippen LogP contribution in [0.5, 0.6) is 0 Å². The van der Waals surface area contributed by atoms with Crippen LogP contribution in [0.4, 0.5) is 0 Å². The highest BCUT2D eigenvalue weighted by Gasteiger charge is 2.29. The number of rotatable bonds is 9. The molecule has 6 heteroatoms. The summed E-state index contributed by atoms with van der Waals surface area (Å²) in [4.78, 5) is 0. The Morgan fingerprint density at radius 2 is 1.81 bits per heavy atom. The van der Waals surface area contributed by atoms with Gasteiger partial charge in [0.05, 0.1) is 24.6 Å². The van der Waals surface area contributed by atoms with Gasteiger partial charge in [0.25, 0.3) is 0 Å². The second-order valence-corrected chi connectivity index (χ2v) is 6.96. The molecule has 0 rings (SSSR count). The fourth-order valence-electron chi connectivity index (χ4n) is 0.909.